The van der Waals surface area contributed by atoms with Crippen molar-refractivity contribution in [3.05, 3.63) is 48.6 Å². The first-order chi connectivity index (χ1) is 12.4. The molecule has 148 valence electrons. The Balaban J connectivity index is 5.50. The fraction of sp³-hybridized carbons (Fsp3) is 0.640. The molecule has 0 aliphatic rings. The molecule has 0 heterocycles. The van der Waals surface area contributed by atoms with Gasteiger partial charge in [0.25, 0.3) is 0 Å². The maximum Gasteiger partial charge on any atom is 0.0426 e. The van der Waals surface area contributed by atoms with Gasteiger partial charge in [0.2, 0.25) is 0 Å². The van der Waals surface area contributed by atoms with Crippen LogP contribution in [0.4, 0.5) is 0 Å². The van der Waals surface area contributed by atoms with E-state index in [0.29, 0.717) is 5.92 Å². The zero-order chi connectivity index (χ0) is 20.0. The van der Waals surface area contributed by atoms with E-state index in [1.165, 1.54) is 42.4 Å². The van der Waals surface area contributed by atoms with E-state index in [0.717, 1.165) is 32.2 Å². The predicted molar refractivity (Wildman–Crippen MR) is 121 cm³/mol. The average molecular weight is 358 g/mol. The topological polar surface area (TPSA) is 12.4 Å². The molecule has 26 heavy (non-hydrogen) atoms. The van der Waals surface area contributed by atoms with Crippen molar-refractivity contribution in [1.29, 1.82) is 0 Å². The van der Waals surface area contributed by atoms with Crippen molar-refractivity contribution >= 4 is 6.21 Å². The molecular formula is C25H43N. The van der Waals surface area contributed by atoms with E-state index in [1.54, 1.807) is 12.3 Å². The van der Waals surface area contributed by atoms with Gasteiger partial charge in [-0.25, -0.2) is 0 Å². The van der Waals surface area contributed by atoms with Crippen LogP contribution < -0.4 is 0 Å². The first-order valence-corrected chi connectivity index (χ1v) is 10.6. The SMILES string of the molecule is C=CC=NCCC(=C)C(CC(=CCCCC)C(=C)CC)C(C)(CC)CC. The molecule has 0 saturated carbocycles. The highest BCUT2D eigenvalue weighted by atomic mass is 14.7. The standard InChI is InChI=1S/C25H43N/c1-9-14-15-16-23(21(6)11-3)20-24(25(8,12-4)13-5)22(7)17-19-26-18-10-2/h10,16,18,24H,2,6-7,9,11-15,17,19-20H2,1,3-5,8H3. The van der Waals surface area contributed by atoms with Crippen LogP contribution in [-0.2, 0) is 0 Å². The maximum absolute atomic E-state index is 4.49. The van der Waals surface area contributed by atoms with Gasteiger partial charge in [0.15, 0.2) is 0 Å². The summed E-state index contributed by atoms with van der Waals surface area (Å²) in [6, 6.07) is 0. The zero-order valence-corrected chi connectivity index (χ0v) is 18.2. The van der Waals surface area contributed by atoms with Crippen LogP contribution in [0.5, 0.6) is 0 Å². The van der Waals surface area contributed by atoms with Crippen molar-refractivity contribution in [2.75, 3.05) is 6.54 Å². The quantitative estimate of drug-likeness (QED) is 0.121. The highest BCUT2D eigenvalue weighted by Gasteiger charge is 2.33. The first kappa shape index (κ1) is 24.6. The van der Waals surface area contributed by atoms with E-state index in [4.69, 9.17) is 0 Å². The third-order valence-electron chi connectivity index (χ3n) is 5.98. The van der Waals surface area contributed by atoms with Gasteiger partial charge in [0, 0.05) is 12.8 Å². The minimum absolute atomic E-state index is 0.275. The molecule has 0 saturated heterocycles. The molecular weight excluding hydrogens is 314 g/mol. The Labute approximate surface area is 164 Å². The minimum atomic E-state index is 0.275. The molecule has 1 unspecified atom stereocenters. The van der Waals surface area contributed by atoms with Crippen LogP contribution in [0.1, 0.15) is 86.0 Å². The molecule has 1 atom stereocenters. The lowest BCUT2D eigenvalue weighted by atomic mass is 9.66. The summed E-state index contributed by atoms with van der Waals surface area (Å²) < 4.78 is 0. The monoisotopic (exact) mass is 357 g/mol. The highest BCUT2D eigenvalue weighted by Crippen LogP contribution is 2.44. The van der Waals surface area contributed by atoms with Gasteiger partial charge in [-0.3, -0.25) is 4.99 Å². The lowest BCUT2D eigenvalue weighted by Gasteiger charge is -2.39. The number of rotatable bonds is 15. The van der Waals surface area contributed by atoms with Crippen LogP contribution in [-0.4, -0.2) is 12.8 Å². The fourth-order valence-corrected chi connectivity index (χ4v) is 3.46. The van der Waals surface area contributed by atoms with Crippen molar-refractivity contribution < 1.29 is 0 Å². The van der Waals surface area contributed by atoms with Gasteiger partial charge in [0.05, 0.1) is 0 Å². The summed E-state index contributed by atoms with van der Waals surface area (Å²) in [4.78, 5) is 4.40. The summed E-state index contributed by atoms with van der Waals surface area (Å²) in [6.07, 6.45) is 15.0. The molecule has 0 N–H and O–H groups in total. The summed E-state index contributed by atoms with van der Waals surface area (Å²) >= 11 is 0. The van der Waals surface area contributed by atoms with Gasteiger partial charge < -0.3 is 0 Å². The molecule has 0 aromatic heterocycles. The summed E-state index contributed by atoms with van der Waals surface area (Å²) in [5.41, 5.74) is 4.35. The molecule has 0 rings (SSSR count). The normalized spacial score (nSPS) is 13.8. The molecule has 0 radical (unpaired) electrons. The second-order valence-electron chi connectivity index (χ2n) is 7.65. The van der Waals surface area contributed by atoms with Crippen molar-refractivity contribution in [2.24, 2.45) is 16.3 Å². The lowest BCUT2D eigenvalue weighted by Crippen LogP contribution is -2.28. The average Bonchev–Trinajstić information content (AvgIpc) is 2.66. The molecule has 0 fully saturated rings. The third kappa shape index (κ3) is 8.34. The lowest BCUT2D eigenvalue weighted by molar-refractivity contribution is 0.194. The summed E-state index contributed by atoms with van der Waals surface area (Å²) in [5, 5.41) is 0. The second kappa shape index (κ2) is 13.8. The van der Waals surface area contributed by atoms with Crippen LogP contribution in [0, 0.1) is 11.3 Å². The van der Waals surface area contributed by atoms with Crippen LogP contribution in [0.3, 0.4) is 0 Å². The van der Waals surface area contributed by atoms with Gasteiger partial charge in [-0.1, -0.05) is 103 Å². The smallest absolute Gasteiger partial charge is 0.0426 e. The van der Waals surface area contributed by atoms with E-state index in [-0.39, 0.29) is 5.41 Å². The third-order valence-corrected chi connectivity index (χ3v) is 5.98. The number of unbranched alkanes of at least 4 members (excludes halogenated alkanes) is 2. The molecule has 0 aliphatic heterocycles. The molecule has 0 spiro atoms. The van der Waals surface area contributed by atoms with E-state index in [1.807, 2.05) is 0 Å². The van der Waals surface area contributed by atoms with Crippen LogP contribution >= 0.6 is 0 Å². The van der Waals surface area contributed by atoms with Crippen LogP contribution in [0.2, 0.25) is 0 Å². The molecule has 0 aliphatic carbocycles. The molecule has 0 amide bonds. The Morgan fingerprint density at radius 3 is 2.27 bits per heavy atom. The maximum atomic E-state index is 4.49. The van der Waals surface area contributed by atoms with Crippen molar-refractivity contribution in [1.82, 2.24) is 0 Å². The summed E-state index contributed by atoms with van der Waals surface area (Å²) in [6.45, 7) is 24.9. The second-order valence-corrected chi connectivity index (χ2v) is 7.65. The number of nitrogens with zero attached hydrogens (tertiary/aromatic N) is 1. The Kier molecular flexibility index (Phi) is 13.1. The Morgan fingerprint density at radius 2 is 1.77 bits per heavy atom. The van der Waals surface area contributed by atoms with Gasteiger partial charge >= 0.3 is 0 Å². The van der Waals surface area contributed by atoms with Gasteiger partial charge in [0.1, 0.15) is 0 Å². The van der Waals surface area contributed by atoms with Gasteiger partial charge in [-0.05, 0) is 42.6 Å². The van der Waals surface area contributed by atoms with Crippen LogP contribution in [0.25, 0.3) is 0 Å². The molecule has 0 bridgehead atoms. The fourth-order valence-electron chi connectivity index (χ4n) is 3.46. The number of hydrogen-bond donors (Lipinski definition) is 0. The summed E-state index contributed by atoms with van der Waals surface area (Å²) in [5.74, 6) is 0.479. The van der Waals surface area contributed by atoms with E-state index >= 15 is 0 Å². The zero-order valence-electron chi connectivity index (χ0n) is 18.2. The van der Waals surface area contributed by atoms with Crippen molar-refractivity contribution in [3.63, 3.8) is 0 Å². The molecule has 1 nitrogen and oxygen atoms in total. The molecule has 0 aromatic carbocycles. The van der Waals surface area contributed by atoms with E-state index in [2.05, 4.69) is 65.4 Å². The largest absolute Gasteiger partial charge is 0.293 e. The van der Waals surface area contributed by atoms with Crippen LogP contribution in [0.15, 0.2) is 53.6 Å². The van der Waals surface area contributed by atoms with Crippen molar-refractivity contribution in [3.8, 4) is 0 Å². The van der Waals surface area contributed by atoms with E-state index in [9.17, 15) is 0 Å². The predicted octanol–water partition coefficient (Wildman–Crippen LogP) is 8.10. The molecule has 0 aromatic rings. The number of aliphatic imine (C=N–C) groups is 1. The Morgan fingerprint density at radius 1 is 1.12 bits per heavy atom. The number of hydrogen-bond acceptors (Lipinski definition) is 1. The van der Waals surface area contributed by atoms with Gasteiger partial charge in [-0.15, -0.1) is 0 Å². The van der Waals surface area contributed by atoms with Gasteiger partial charge in [-0.2, -0.15) is 0 Å². The highest BCUT2D eigenvalue weighted by molar-refractivity contribution is 5.69. The minimum Gasteiger partial charge on any atom is -0.293 e. The molecule has 1 heteroatoms. The van der Waals surface area contributed by atoms with Crippen molar-refractivity contribution in [2.45, 2.75) is 86.0 Å². The summed E-state index contributed by atoms with van der Waals surface area (Å²) in [7, 11) is 0. The number of allylic oxidation sites excluding steroid dienone is 4. The van der Waals surface area contributed by atoms with E-state index < -0.39 is 0 Å². The first-order valence-electron chi connectivity index (χ1n) is 10.6. The Hall–Kier alpha value is -1.37. The Bertz CT molecular complexity index is 488.